The van der Waals surface area contributed by atoms with Crippen molar-refractivity contribution < 1.29 is 9.53 Å². The molecule has 14 heavy (non-hydrogen) atoms. The summed E-state index contributed by atoms with van der Waals surface area (Å²) in [6.45, 7) is 6.21. The van der Waals surface area contributed by atoms with Crippen molar-refractivity contribution in [3.8, 4) is 0 Å². The van der Waals surface area contributed by atoms with Gasteiger partial charge in [0.1, 0.15) is 0 Å². The van der Waals surface area contributed by atoms with Crippen LogP contribution in [0.25, 0.3) is 0 Å². The largest absolute Gasteiger partial charge is 0.377 e. The molecule has 1 atom stereocenters. The van der Waals surface area contributed by atoms with Gasteiger partial charge in [0.05, 0.1) is 19.3 Å². The number of nitrogens with one attached hydrogen (secondary N) is 1. The monoisotopic (exact) mass is 198 g/mol. The Labute approximate surface area is 84.6 Å². The molecular weight excluding hydrogens is 180 g/mol. The van der Waals surface area contributed by atoms with E-state index in [1.807, 2.05) is 4.90 Å². The predicted octanol–water partition coefficient (Wildman–Crippen LogP) is -0.157. The van der Waals surface area contributed by atoms with Crippen LogP contribution in [0.5, 0.6) is 0 Å². The second-order valence-corrected chi connectivity index (χ2v) is 4.24. The summed E-state index contributed by atoms with van der Waals surface area (Å²) in [6, 6.07) is 0.254. The molecule has 0 aliphatic carbocycles. The van der Waals surface area contributed by atoms with Gasteiger partial charge in [0, 0.05) is 13.0 Å². The van der Waals surface area contributed by atoms with Gasteiger partial charge in [-0.1, -0.05) is 0 Å². The van der Waals surface area contributed by atoms with Crippen molar-refractivity contribution in [2.24, 2.45) is 5.92 Å². The Balaban J connectivity index is 1.82. The third-order valence-electron chi connectivity index (χ3n) is 3.02. The second kappa shape index (κ2) is 4.28. The van der Waals surface area contributed by atoms with Crippen molar-refractivity contribution in [1.29, 1.82) is 0 Å². The molecule has 1 amide bonds. The summed E-state index contributed by atoms with van der Waals surface area (Å²) >= 11 is 0. The second-order valence-electron chi connectivity index (χ2n) is 4.24. The molecule has 2 heterocycles. The van der Waals surface area contributed by atoms with Crippen LogP contribution < -0.4 is 5.32 Å². The van der Waals surface area contributed by atoms with E-state index in [0.29, 0.717) is 31.5 Å². The van der Waals surface area contributed by atoms with E-state index in [2.05, 4.69) is 12.2 Å². The number of hydrogen-bond donors (Lipinski definition) is 1. The zero-order chi connectivity index (χ0) is 9.97. The lowest BCUT2D eigenvalue weighted by atomic mass is 9.98. The van der Waals surface area contributed by atoms with Gasteiger partial charge in [0.25, 0.3) is 0 Å². The van der Waals surface area contributed by atoms with E-state index in [0.717, 1.165) is 19.6 Å². The highest BCUT2D eigenvalue weighted by Crippen LogP contribution is 2.14. The Morgan fingerprint density at radius 2 is 2.36 bits per heavy atom. The molecule has 0 saturated carbocycles. The summed E-state index contributed by atoms with van der Waals surface area (Å²) in [4.78, 5) is 13.8. The number of carbonyl (C=O) groups excluding carboxylic acids is 1. The van der Waals surface area contributed by atoms with E-state index in [1.54, 1.807) is 0 Å². The van der Waals surface area contributed by atoms with E-state index in [9.17, 15) is 4.79 Å². The van der Waals surface area contributed by atoms with Gasteiger partial charge in [-0.05, 0) is 25.9 Å². The first-order valence-corrected chi connectivity index (χ1v) is 5.35. The van der Waals surface area contributed by atoms with E-state index in [-0.39, 0.29) is 6.04 Å². The summed E-state index contributed by atoms with van der Waals surface area (Å²) in [5.41, 5.74) is 0. The quantitative estimate of drug-likeness (QED) is 0.670. The molecule has 4 heteroatoms. The predicted molar refractivity (Wildman–Crippen MR) is 53.0 cm³/mol. The highest BCUT2D eigenvalue weighted by Gasteiger charge is 2.27. The molecule has 4 nitrogen and oxygen atoms in total. The Kier molecular flexibility index (Phi) is 3.03. The molecule has 0 bridgehead atoms. The van der Waals surface area contributed by atoms with E-state index >= 15 is 0 Å². The first-order valence-electron chi connectivity index (χ1n) is 5.35. The zero-order valence-corrected chi connectivity index (χ0v) is 8.66. The lowest BCUT2D eigenvalue weighted by Gasteiger charge is -2.35. The minimum Gasteiger partial charge on any atom is -0.377 e. The minimum atomic E-state index is 0.254. The summed E-state index contributed by atoms with van der Waals surface area (Å²) in [6.07, 6.45) is 0.706. The van der Waals surface area contributed by atoms with Gasteiger partial charge in [-0.2, -0.15) is 0 Å². The summed E-state index contributed by atoms with van der Waals surface area (Å²) in [5, 5.41) is 3.19. The van der Waals surface area contributed by atoms with Crippen molar-refractivity contribution in [1.82, 2.24) is 10.2 Å². The van der Waals surface area contributed by atoms with Crippen molar-refractivity contribution >= 4 is 5.91 Å². The van der Waals surface area contributed by atoms with Crippen LogP contribution in [-0.4, -0.2) is 49.7 Å². The molecular formula is C10H18N2O2. The van der Waals surface area contributed by atoms with Crippen LogP contribution in [0.1, 0.15) is 13.3 Å². The van der Waals surface area contributed by atoms with Gasteiger partial charge in [0.15, 0.2) is 0 Å². The van der Waals surface area contributed by atoms with E-state index < -0.39 is 0 Å². The fourth-order valence-electron chi connectivity index (χ4n) is 1.95. The standard InChI is InChI=1S/C10H18N2O2/c1-8-7-14-3-2-12(8)10(13)4-9-5-11-6-9/h8-9,11H,2-7H2,1H3. The summed E-state index contributed by atoms with van der Waals surface area (Å²) in [7, 11) is 0. The minimum absolute atomic E-state index is 0.254. The lowest BCUT2D eigenvalue weighted by molar-refractivity contribution is -0.140. The number of carbonyl (C=O) groups is 1. The maximum atomic E-state index is 11.9. The highest BCUT2D eigenvalue weighted by atomic mass is 16.5. The molecule has 2 aliphatic rings. The Morgan fingerprint density at radius 3 is 2.93 bits per heavy atom. The van der Waals surface area contributed by atoms with Crippen LogP contribution in [0.3, 0.4) is 0 Å². The Bertz CT molecular complexity index is 216. The molecule has 0 aromatic heterocycles. The molecule has 0 radical (unpaired) electrons. The average Bonchev–Trinajstić information content (AvgIpc) is 2.12. The summed E-state index contributed by atoms with van der Waals surface area (Å²) in [5.74, 6) is 0.866. The number of ether oxygens (including phenoxy) is 1. The zero-order valence-electron chi connectivity index (χ0n) is 8.66. The number of rotatable bonds is 2. The smallest absolute Gasteiger partial charge is 0.223 e. The molecule has 1 N–H and O–H groups in total. The molecule has 2 aliphatic heterocycles. The third-order valence-corrected chi connectivity index (χ3v) is 3.02. The van der Waals surface area contributed by atoms with Crippen LogP contribution in [-0.2, 0) is 9.53 Å². The molecule has 0 aromatic rings. The van der Waals surface area contributed by atoms with Crippen LogP contribution in [0, 0.1) is 5.92 Å². The van der Waals surface area contributed by atoms with Crippen LogP contribution in [0.4, 0.5) is 0 Å². The van der Waals surface area contributed by atoms with Gasteiger partial charge >= 0.3 is 0 Å². The number of nitrogens with zero attached hydrogens (tertiary/aromatic N) is 1. The summed E-state index contributed by atoms with van der Waals surface area (Å²) < 4.78 is 5.30. The van der Waals surface area contributed by atoms with Crippen LogP contribution >= 0.6 is 0 Å². The van der Waals surface area contributed by atoms with E-state index in [4.69, 9.17) is 4.74 Å². The maximum absolute atomic E-state index is 11.9. The topological polar surface area (TPSA) is 41.6 Å². The van der Waals surface area contributed by atoms with Gasteiger partial charge in [0.2, 0.25) is 5.91 Å². The molecule has 2 saturated heterocycles. The average molecular weight is 198 g/mol. The number of amides is 1. The molecule has 80 valence electrons. The lowest BCUT2D eigenvalue weighted by Crippen LogP contribution is -2.50. The van der Waals surface area contributed by atoms with Crippen molar-refractivity contribution in [2.75, 3.05) is 32.8 Å². The maximum Gasteiger partial charge on any atom is 0.223 e. The number of hydrogen-bond acceptors (Lipinski definition) is 3. The first kappa shape index (κ1) is 9.93. The van der Waals surface area contributed by atoms with Gasteiger partial charge in [-0.15, -0.1) is 0 Å². The molecule has 2 rings (SSSR count). The fourth-order valence-corrected chi connectivity index (χ4v) is 1.95. The molecule has 1 unspecified atom stereocenters. The Morgan fingerprint density at radius 1 is 1.57 bits per heavy atom. The van der Waals surface area contributed by atoms with Crippen molar-refractivity contribution in [3.05, 3.63) is 0 Å². The van der Waals surface area contributed by atoms with Crippen LogP contribution in [0.15, 0.2) is 0 Å². The van der Waals surface area contributed by atoms with Crippen molar-refractivity contribution in [3.63, 3.8) is 0 Å². The number of morpholine rings is 1. The van der Waals surface area contributed by atoms with Gasteiger partial charge in [-0.25, -0.2) is 0 Å². The molecule has 0 aromatic carbocycles. The molecule has 2 fully saturated rings. The normalized spacial score (nSPS) is 28.6. The third kappa shape index (κ3) is 2.07. The highest BCUT2D eigenvalue weighted by molar-refractivity contribution is 5.77. The van der Waals surface area contributed by atoms with Crippen molar-refractivity contribution in [2.45, 2.75) is 19.4 Å². The Hall–Kier alpha value is -0.610. The SMILES string of the molecule is CC1COCCN1C(=O)CC1CNC1. The van der Waals surface area contributed by atoms with E-state index in [1.165, 1.54) is 0 Å². The van der Waals surface area contributed by atoms with Gasteiger partial charge in [-0.3, -0.25) is 4.79 Å². The fraction of sp³-hybridized carbons (Fsp3) is 0.900. The first-order chi connectivity index (χ1) is 6.77. The van der Waals surface area contributed by atoms with Gasteiger partial charge < -0.3 is 15.0 Å². The molecule has 0 spiro atoms. The van der Waals surface area contributed by atoms with Crippen LogP contribution in [0.2, 0.25) is 0 Å².